The van der Waals surface area contributed by atoms with Gasteiger partial charge in [0.25, 0.3) is 5.56 Å². The van der Waals surface area contributed by atoms with Gasteiger partial charge in [-0.25, -0.2) is 14.4 Å². The van der Waals surface area contributed by atoms with Gasteiger partial charge < -0.3 is 14.2 Å². The van der Waals surface area contributed by atoms with Crippen LogP contribution in [0.3, 0.4) is 0 Å². The van der Waals surface area contributed by atoms with Gasteiger partial charge in [0.2, 0.25) is 0 Å². The predicted octanol–water partition coefficient (Wildman–Crippen LogP) is 3.90. The lowest BCUT2D eigenvalue weighted by Gasteiger charge is -2.33. The van der Waals surface area contributed by atoms with Crippen molar-refractivity contribution in [1.29, 1.82) is 0 Å². The first-order chi connectivity index (χ1) is 16.5. The van der Waals surface area contributed by atoms with Gasteiger partial charge in [-0.15, -0.1) is 0 Å². The third-order valence-corrected chi connectivity index (χ3v) is 6.62. The molecule has 2 aliphatic rings. The topological polar surface area (TPSA) is 78.1 Å². The number of halogens is 2. The number of benzene rings is 1. The van der Waals surface area contributed by atoms with Crippen molar-refractivity contribution in [2.75, 3.05) is 24.6 Å². The molecule has 0 bridgehead atoms. The number of anilines is 1. The van der Waals surface area contributed by atoms with E-state index in [0.717, 1.165) is 18.4 Å². The van der Waals surface area contributed by atoms with Crippen LogP contribution in [0.4, 0.5) is 10.2 Å². The standard InChI is InChI=1S/C24H22ClFN6O2/c1-30-13-27-22-18(24(30)33)9-21(29-23(22)17-5-2-15(25)8-19(17)26)31-6-7-34-20(12-31)14-10-28-32(11-14)16-3-4-16/h2,5,8-11,13,16,20H,3-4,6-7,12H2,1H3/t20-/m1/s1. The maximum atomic E-state index is 14.9. The molecule has 1 aliphatic heterocycles. The van der Waals surface area contributed by atoms with E-state index in [0.29, 0.717) is 48.2 Å². The van der Waals surface area contributed by atoms with Crippen molar-refractivity contribution in [3.8, 4) is 11.3 Å². The van der Waals surface area contributed by atoms with Crippen molar-refractivity contribution in [3.63, 3.8) is 0 Å². The fourth-order valence-corrected chi connectivity index (χ4v) is 4.51. The SMILES string of the molecule is Cn1cnc2c(-c3ccc(Cl)cc3F)nc(N3CCO[C@@H](c4cnn(C5CC5)c4)C3)cc2c1=O. The Labute approximate surface area is 199 Å². The molecule has 3 aromatic heterocycles. The molecule has 4 heterocycles. The highest BCUT2D eigenvalue weighted by atomic mass is 35.5. The highest BCUT2D eigenvalue weighted by molar-refractivity contribution is 6.30. The number of hydrogen-bond acceptors (Lipinski definition) is 6. The molecule has 1 aliphatic carbocycles. The number of rotatable bonds is 4. The summed E-state index contributed by atoms with van der Waals surface area (Å²) < 4.78 is 24.3. The van der Waals surface area contributed by atoms with Crippen LogP contribution in [0.15, 0.2) is 47.8 Å². The molecule has 0 amide bonds. The number of nitrogens with zero attached hydrogens (tertiary/aromatic N) is 6. The summed E-state index contributed by atoms with van der Waals surface area (Å²) in [5, 5.41) is 5.15. The van der Waals surface area contributed by atoms with E-state index in [2.05, 4.69) is 15.0 Å². The van der Waals surface area contributed by atoms with Crippen molar-refractivity contribution in [2.45, 2.75) is 25.0 Å². The van der Waals surface area contributed by atoms with E-state index in [4.69, 9.17) is 21.3 Å². The van der Waals surface area contributed by atoms with Gasteiger partial charge in [-0.05, 0) is 37.1 Å². The molecule has 4 aromatic rings. The largest absolute Gasteiger partial charge is 0.370 e. The minimum Gasteiger partial charge on any atom is -0.370 e. The third-order valence-electron chi connectivity index (χ3n) is 6.38. The number of ether oxygens (including phenoxy) is 1. The van der Waals surface area contributed by atoms with E-state index in [1.54, 1.807) is 25.2 Å². The lowest BCUT2D eigenvalue weighted by molar-refractivity contribution is 0.0395. The summed E-state index contributed by atoms with van der Waals surface area (Å²) in [5.41, 5.74) is 1.69. The predicted molar refractivity (Wildman–Crippen MR) is 127 cm³/mol. The third kappa shape index (κ3) is 3.74. The smallest absolute Gasteiger partial charge is 0.261 e. The van der Waals surface area contributed by atoms with Crippen LogP contribution in [0.1, 0.15) is 30.6 Å². The second kappa shape index (κ2) is 8.18. The normalized spacial score (nSPS) is 18.6. The quantitative estimate of drug-likeness (QED) is 0.441. The van der Waals surface area contributed by atoms with E-state index >= 15 is 0 Å². The van der Waals surface area contributed by atoms with Gasteiger partial charge in [0, 0.05) is 42.5 Å². The summed E-state index contributed by atoms with van der Waals surface area (Å²) in [6.45, 7) is 1.63. The highest BCUT2D eigenvalue weighted by Gasteiger charge is 2.29. The first kappa shape index (κ1) is 21.2. The molecule has 0 radical (unpaired) electrons. The van der Waals surface area contributed by atoms with Crippen molar-refractivity contribution >= 4 is 28.3 Å². The molecule has 0 N–H and O–H groups in total. The zero-order valence-corrected chi connectivity index (χ0v) is 19.2. The van der Waals surface area contributed by atoms with Gasteiger partial charge in [0.15, 0.2) is 0 Å². The average Bonchev–Trinajstić information content (AvgIpc) is 3.57. The van der Waals surface area contributed by atoms with Crippen LogP contribution in [0.25, 0.3) is 22.2 Å². The monoisotopic (exact) mass is 480 g/mol. The van der Waals surface area contributed by atoms with Crippen molar-refractivity contribution in [1.82, 2.24) is 24.3 Å². The Bertz CT molecular complexity index is 1460. The maximum absolute atomic E-state index is 14.9. The summed E-state index contributed by atoms with van der Waals surface area (Å²) in [7, 11) is 1.64. The number of pyridine rings is 1. The lowest BCUT2D eigenvalue weighted by Crippen LogP contribution is -2.39. The molecular weight excluding hydrogens is 459 g/mol. The molecule has 1 saturated carbocycles. The van der Waals surface area contributed by atoms with Crippen LogP contribution in [0.5, 0.6) is 0 Å². The number of hydrogen-bond donors (Lipinski definition) is 0. The van der Waals surface area contributed by atoms with Crippen LogP contribution >= 0.6 is 11.6 Å². The molecule has 1 saturated heterocycles. The number of morpholine rings is 1. The fraction of sp³-hybridized carbons (Fsp3) is 0.333. The Balaban J connectivity index is 1.43. The molecular formula is C24H22ClFN6O2. The van der Waals surface area contributed by atoms with E-state index in [-0.39, 0.29) is 22.2 Å². The Morgan fingerprint density at radius 1 is 1.24 bits per heavy atom. The van der Waals surface area contributed by atoms with E-state index in [9.17, 15) is 9.18 Å². The van der Waals surface area contributed by atoms with Gasteiger partial charge in [0.1, 0.15) is 28.9 Å². The molecule has 1 atom stereocenters. The molecule has 0 spiro atoms. The van der Waals surface area contributed by atoms with Crippen LogP contribution < -0.4 is 10.5 Å². The number of fused-ring (bicyclic) bond motifs is 1. The van der Waals surface area contributed by atoms with E-state index in [1.165, 1.54) is 17.0 Å². The summed E-state index contributed by atoms with van der Waals surface area (Å²) in [4.78, 5) is 24.2. The molecule has 1 aromatic carbocycles. The fourth-order valence-electron chi connectivity index (χ4n) is 4.35. The first-order valence-corrected chi connectivity index (χ1v) is 11.6. The van der Waals surface area contributed by atoms with E-state index < -0.39 is 5.82 Å². The molecule has 10 heteroatoms. The summed E-state index contributed by atoms with van der Waals surface area (Å²) in [6, 6.07) is 6.63. The maximum Gasteiger partial charge on any atom is 0.261 e. The number of aryl methyl sites for hydroxylation is 1. The average molecular weight is 481 g/mol. The second-order valence-corrected chi connectivity index (χ2v) is 9.24. The van der Waals surface area contributed by atoms with Crippen molar-refractivity contribution in [2.24, 2.45) is 7.05 Å². The van der Waals surface area contributed by atoms with Gasteiger partial charge in [-0.3, -0.25) is 9.48 Å². The van der Waals surface area contributed by atoms with E-state index in [1.807, 2.05) is 17.1 Å². The van der Waals surface area contributed by atoms with Crippen LogP contribution in [-0.4, -0.2) is 44.0 Å². The van der Waals surface area contributed by atoms with Crippen LogP contribution in [0.2, 0.25) is 5.02 Å². The molecule has 34 heavy (non-hydrogen) atoms. The molecule has 0 unspecified atom stereocenters. The van der Waals surface area contributed by atoms with Gasteiger partial charge >= 0.3 is 0 Å². The van der Waals surface area contributed by atoms with Crippen LogP contribution in [0, 0.1) is 5.82 Å². The first-order valence-electron chi connectivity index (χ1n) is 11.2. The van der Waals surface area contributed by atoms with Crippen LogP contribution in [-0.2, 0) is 11.8 Å². The molecule has 174 valence electrons. The molecule has 6 rings (SSSR count). The van der Waals surface area contributed by atoms with Gasteiger partial charge in [-0.2, -0.15) is 5.10 Å². The zero-order chi connectivity index (χ0) is 23.4. The Morgan fingerprint density at radius 3 is 2.88 bits per heavy atom. The summed E-state index contributed by atoms with van der Waals surface area (Å²) in [6.07, 6.45) is 7.47. The summed E-state index contributed by atoms with van der Waals surface area (Å²) in [5.74, 6) is 0.0538. The Morgan fingerprint density at radius 2 is 2.09 bits per heavy atom. The minimum absolute atomic E-state index is 0.175. The lowest BCUT2D eigenvalue weighted by atomic mass is 10.1. The van der Waals surface area contributed by atoms with Gasteiger partial charge in [0.05, 0.1) is 30.6 Å². The molecule has 2 fully saturated rings. The van der Waals surface area contributed by atoms with Crippen molar-refractivity contribution in [3.05, 3.63) is 69.7 Å². The Kier molecular flexibility index (Phi) is 5.11. The second-order valence-electron chi connectivity index (χ2n) is 8.80. The number of aromatic nitrogens is 5. The highest BCUT2D eigenvalue weighted by Crippen LogP contribution is 2.36. The summed E-state index contributed by atoms with van der Waals surface area (Å²) >= 11 is 5.96. The van der Waals surface area contributed by atoms with Crippen molar-refractivity contribution < 1.29 is 9.13 Å². The minimum atomic E-state index is -0.520. The molecule has 8 nitrogen and oxygen atoms in total. The zero-order valence-electron chi connectivity index (χ0n) is 18.5. The van der Waals surface area contributed by atoms with Gasteiger partial charge in [-0.1, -0.05) is 11.6 Å². The Hall–Kier alpha value is -3.30.